The second kappa shape index (κ2) is 10.5. The molecule has 3 aromatic heterocycles. The molecule has 0 unspecified atom stereocenters. The molecule has 3 aromatic rings. The molecular formula is C22H14ClF10N7O4S. The molecule has 0 aliphatic heterocycles. The van der Waals surface area contributed by atoms with Gasteiger partial charge in [-0.25, -0.2) is 18.7 Å². The number of pyridine rings is 1. The molecule has 0 atom stereocenters. The van der Waals surface area contributed by atoms with Crippen molar-refractivity contribution in [1.82, 2.24) is 29.4 Å². The van der Waals surface area contributed by atoms with E-state index in [0.29, 0.717) is 24.6 Å². The first kappa shape index (κ1) is 33.8. The normalized spacial score (nSPS) is 15.5. The summed E-state index contributed by atoms with van der Waals surface area (Å²) in [4.78, 5) is 18.0. The van der Waals surface area contributed by atoms with E-state index in [4.69, 9.17) is 11.6 Å². The molecule has 0 saturated heterocycles. The minimum Gasteiger partial charge on any atom is -0.356 e. The maximum Gasteiger partial charge on any atom is 0.450 e. The number of carbonyl (C=O) groups excluding carboxylic acids is 1. The third-order valence-electron chi connectivity index (χ3n) is 6.61. The van der Waals surface area contributed by atoms with Gasteiger partial charge in [-0.2, -0.15) is 58.3 Å². The van der Waals surface area contributed by atoms with E-state index in [9.17, 15) is 62.4 Å². The summed E-state index contributed by atoms with van der Waals surface area (Å²) in [6.45, 7) is 0. The van der Waals surface area contributed by atoms with Crippen LogP contribution in [0.25, 0.3) is 16.9 Å². The largest absolute Gasteiger partial charge is 0.450 e. The van der Waals surface area contributed by atoms with Crippen LogP contribution in [0.3, 0.4) is 0 Å². The molecule has 4 rings (SSSR count). The van der Waals surface area contributed by atoms with E-state index < -0.39 is 62.4 Å². The highest BCUT2D eigenvalue weighted by Gasteiger charge is 2.82. The lowest BCUT2D eigenvalue weighted by atomic mass is 10.1. The van der Waals surface area contributed by atoms with Crippen molar-refractivity contribution in [2.75, 3.05) is 7.05 Å². The predicted octanol–water partition coefficient (Wildman–Crippen LogP) is 4.97. The first-order chi connectivity index (χ1) is 20.4. The van der Waals surface area contributed by atoms with Gasteiger partial charge in [-0.3, -0.25) is 4.79 Å². The Balaban J connectivity index is 1.78. The van der Waals surface area contributed by atoms with Crippen LogP contribution in [-0.2, 0) is 23.3 Å². The smallest absolute Gasteiger partial charge is 0.356 e. The van der Waals surface area contributed by atoms with Gasteiger partial charge in [0.05, 0.1) is 17.8 Å². The van der Waals surface area contributed by atoms with Gasteiger partial charge in [0.1, 0.15) is 10.7 Å². The average molecular weight is 698 g/mol. The Morgan fingerprint density at radius 2 is 1.64 bits per heavy atom. The molecule has 0 N–H and O–H groups in total. The molecule has 45 heavy (non-hydrogen) atoms. The fraction of sp³-hybridized carbons (Fsp3) is 0.409. The summed E-state index contributed by atoms with van der Waals surface area (Å²) >= 11 is 6.04. The molecule has 244 valence electrons. The van der Waals surface area contributed by atoms with Crippen LogP contribution in [0.5, 0.6) is 5.88 Å². The van der Waals surface area contributed by atoms with Gasteiger partial charge in [0, 0.05) is 37.6 Å². The molecule has 1 saturated carbocycles. The lowest BCUT2D eigenvalue weighted by Gasteiger charge is -2.28. The lowest BCUT2D eigenvalue weighted by Crippen LogP contribution is -2.60. The Hall–Kier alpha value is -4.13. The number of aryl methyl sites for hydroxylation is 1. The maximum absolute atomic E-state index is 14.2. The van der Waals surface area contributed by atoms with Crippen LogP contribution in [0.15, 0.2) is 24.7 Å². The zero-order chi connectivity index (χ0) is 34.1. The van der Waals surface area contributed by atoms with Crippen molar-refractivity contribution >= 4 is 27.6 Å². The summed E-state index contributed by atoms with van der Waals surface area (Å²) in [5.74, 6) is -4.38. The molecule has 0 radical (unpaired) electrons. The van der Waals surface area contributed by atoms with Crippen molar-refractivity contribution in [1.29, 1.82) is 5.26 Å². The van der Waals surface area contributed by atoms with Crippen LogP contribution in [0, 0.1) is 11.3 Å². The number of amides is 1. The molecule has 3 heterocycles. The Kier molecular flexibility index (Phi) is 7.85. The summed E-state index contributed by atoms with van der Waals surface area (Å²) in [5, 5.41) is 8.50. The van der Waals surface area contributed by atoms with E-state index in [2.05, 4.69) is 19.4 Å². The standard InChI is InChI=1S/C22H14ClF10N7O4S/c1-38(18(9-34)3-4-18)17(41)12-5-10(6-35-14(12)23)11-7-36-40(8-11)16-13(19(24,25)26)15(37-39(16)2)44-45(42,43)20(27,21(28,29)30)22(31,32)33/h5-8H,3-4H2,1-2H3. The van der Waals surface area contributed by atoms with Crippen LogP contribution < -0.4 is 4.18 Å². The quantitative estimate of drug-likeness (QED) is 0.192. The van der Waals surface area contributed by atoms with Crippen LogP contribution in [0.2, 0.25) is 5.15 Å². The molecule has 0 aromatic carbocycles. The third kappa shape index (κ3) is 5.51. The van der Waals surface area contributed by atoms with E-state index in [1.807, 2.05) is 6.07 Å². The third-order valence-corrected chi connectivity index (χ3v) is 8.44. The average Bonchev–Trinajstić information content (AvgIpc) is 3.43. The van der Waals surface area contributed by atoms with Crippen molar-refractivity contribution in [3.63, 3.8) is 0 Å². The Bertz CT molecular complexity index is 1810. The molecule has 0 bridgehead atoms. The van der Waals surface area contributed by atoms with Crippen molar-refractivity contribution in [3.05, 3.63) is 40.9 Å². The number of carbonyl (C=O) groups is 1. The van der Waals surface area contributed by atoms with Crippen molar-refractivity contribution in [3.8, 4) is 28.9 Å². The summed E-state index contributed by atoms with van der Waals surface area (Å²) in [6.07, 6.45) is -16.7. The molecule has 1 amide bonds. The van der Waals surface area contributed by atoms with Crippen molar-refractivity contribution in [2.24, 2.45) is 7.05 Å². The zero-order valence-corrected chi connectivity index (χ0v) is 23.6. The van der Waals surface area contributed by atoms with Crippen LogP contribution in [0.4, 0.5) is 43.9 Å². The van der Waals surface area contributed by atoms with E-state index in [1.165, 1.54) is 7.05 Å². The van der Waals surface area contributed by atoms with Gasteiger partial charge in [-0.15, -0.1) is 5.10 Å². The van der Waals surface area contributed by atoms with Gasteiger partial charge in [-0.05, 0) is 18.9 Å². The Morgan fingerprint density at radius 1 is 1.07 bits per heavy atom. The minimum absolute atomic E-state index is 0.0107. The molecule has 0 spiro atoms. The number of alkyl halides is 10. The van der Waals surface area contributed by atoms with Gasteiger partial charge < -0.3 is 9.08 Å². The number of nitriles is 1. The molecule has 23 heteroatoms. The van der Waals surface area contributed by atoms with Crippen LogP contribution in [-0.4, -0.2) is 73.7 Å². The van der Waals surface area contributed by atoms with Gasteiger partial charge in [0.25, 0.3) is 11.8 Å². The fourth-order valence-corrected chi connectivity index (χ4v) is 5.22. The molecule has 1 fully saturated rings. The number of hydrogen-bond donors (Lipinski definition) is 0. The Morgan fingerprint density at radius 3 is 2.13 bits per heavy atom. The lowest BCUT2D eigenvalue weighted by molar-refractivity contribution is -0.307. The summed E-state index contributed by atoms with van der Waals surface area (Å²) in [6, 6.07) is 3.16. The highest BCUT2D eigenvalue weighted by molar-refractivity contribution is 7.88. The highest BCUT2D eigenvalue weighted by atomic mass is 35.5. The van der Waals surface area contributed by atoms with Gasteiger partial charge in [0.15, 0.2) is 11.4 Å². The topological polar surface area (TPSA) is 136 Å². The molecule has 1 aliphatic carbocycles. The van der Waals surface area contributed by atoms with Crippen LogP contribution >= 0.6 is 11.6 Å². The number of halogens is 11. The maximum atomic E-state index is 14.2. The summed E-state index contributed by atoms with van der Waals surface area (Å²) in [7, 11) is -5.62. The fourth-order valence-electron chi connectivity index (χ4n) is 4.03. The van der Waals surface area contributed by atoms with Crippen molar-refractivity contribution < 1.29 is 61.3 Å². The van der Waals surface area contributed by atoms with Crippen LogP contribution in [0.1, 0.15) is 28.8 Å². The predicted molar refractivity (Wildman–Crippen MR) is 129 cm³/mol. The van der Waals surface area contributed by atoms with Gasteiger partial charge in [0.2, 0.25) is 0 Å². The van der Waals surface area contributed by atoms with Crippen molar-refractivity contribution in [2.45, 2.75) is 41.9 Å². The number of rotatable bonds is 7. The van der Waals surface area contributed by atoms with Gasteiger partial charge in [-0.1, -0.05) is 11.6 Å². The molecular weight excluding hydrogens is 684 g/mol. The van der Waals surface area contributed by atoms with E-state index in [1.54, 1.807) is 0 Å². The number of nitrogens with zero attached hydrogens (tertiary/aromatic N) is 7. The molecule has 1 aliphatic rings. The first-order valence-corrected chi connectivity index (χ1v) is 13.5. The summed E-state index contributed by atoms with van der Waals surface area (Å²) in [5.41, 5.74) is -3.69. The number of aromatic nitrogens is 5. The summed E-state index contributed by atoms with van der Waals surface area (Å²) < 4.78 is 162. The molecule has 11 nitrogen and oxygen atoms in total. The van der Waals surface area contributed by atoms with E-state index >= 15 is 0 Å². The van der Waals surface area contributed by atoms with Gasteiger partial charge >= 0.3 is 33.6 Å². The second-order valence-electron chi connectivity index (χ2n) is 9.50. The van der Waals surface area contributed by atoms with E-state index in [0.717, 1.165) is 29.6 Å². The SMILES string of the molecule is CN(C(=O)c1cc(-c2cnn(-c3c(C(F)(F)F)c(OS(=O)(=O)C(F)(C(F)(F)F)C(F)(F)F)nn3C)c2)cnc1Cl)C1(C#N)CC1. The first-order valence-electron chi connectivity index (χ1n) is 11.7. The van der Waals surface area contributed by atoms with E-state index in [-0.39, 0.29) is 26.5 Å². The minimum atomic E-state index is -7.63. The second-order valence-corrected chi connectivity index (χ2v) is 11.5. The monoisotopic (exact) mass is 697 g/mol. The Labute approximate surface area is 249 Å². The highest BCUT2D eigenvalue weighted by Crippen LogP contribution is 2.51. The zero-order valence-electron chi connectivity index (χ0n) is 22.1. The number of hydrogen-bond acceptors (Lipinski definition) is 8.